The third-order valence-corrected chi connectivity index (χ3v) is 13.1. The summed E-state index contributed by atoms with van der Waals surface area (Å²) in [6.45, 7) is 0. The predicted molar refractivity (Wildman–Crippen MR) is 246 cm³/mol. The first kappa shape index (κ1) is 34.4. The maximum Gasteiger partial charge on any atom is 0.135 e. The predicted octanol–water partition coefficient (Wildman–Crippen LogP) is 14.6. The number of rotatable bonds is 7. The van der Waals surface area contributed by atoms with Crippen LogP contribution < -0.4 is 4.90 Å². The SMILES string of the molecule is c1ccc(C2(c3ccccc3)c3ccccc3-c3ccc(N(c4ccc5c(c4)C(c4ccccc4)(c4ccccc4)c4ccccc4-5)c4ccc5ccoc5c4)cc32)cc1. The quantitative estimate of drug-likeness (QED) is 0.161. The lowest BCUT2D eigenvalue weighted by Gasteiger charge is -2.36. The molecule has 1 heterocycles. The monoisotopic (exact) mass is 765 g/mol. The molecule has 12 rings (SSSR count). The number of anilines is 3. The Morgan fingerprint density at radius 2 is 0.667 bits per heavy atom. The molecule has 0 bridgehead atoms. The number of hydrogen-bond acceptors (Lipinski definition) is 2. The molecular weight excluding hydrogens is 727 g/mol. The summed E-state index contributed by atoms with van der Waals surface area (Å²) in [5, 5.41) is 1.08. The van der Waals surface area contributed by atoms with Crippen molar-refractivity contribution in [2.45, 2.75) is 10.8 Å². The molecule has 2 heteroatoms. The summed E-state index contributed by atoms with van der Waals surface area (Å²) >= 11 is 0. The highest BCUT2D eigenvalue weighted by atomic mass is 16.3. The zero-order valence-electron chi connectivity index (χ0n) is 32.9. The molecule has 2 aliphatic carbocycles. The zero-order valence-corrected chi connectivity index (χ0v) is 32.9. The van der Waals surface area contributed by atoms with Crippen LogP contribution in [-0.4, -0.2) is 0 Å². The Balaban J connectivity index is 1.15. The van der Waals surface area contributed by atoms with Gasteiger partial charge in [0.25, 0.3) is 0 Å². The molecule has 9 aromatic carbocycles. The van der Waals surface area contributed by atoms with Crippen molar-refractivity contribution in [3.8, 4) is 22.3 Å². The highest BCUT2D eigenvalue weighted by molar-refractivity contribution is 5.93. The minimum Gasteiger partial charge on any atom is -0.464 e. The summed E-state index contributed by atoms with van der Waals surface area (Å²) in [5.74, 6) is 0. The number of benzene rings is 9. The van der Waals surface area contributed by atoms with Crippen molar-refractivity contribution in [3.05, 3.63) is 281 Å². The molecular formula is C58H39NO. The molecule has 0 radical (unpaired) electrons. The van der Waals surface area contributed by atoms with E-state index in [1.54, 1.807) is 6.26 Å². The van der Waals surface area contributed by atoms with Crippen molar-refractivity contribution in [1.29, 1.82) is 0 Å². The first-order valence-electron chi connectivity index (χ1n) is 20.7. The third-order valence-electron chi connectivity index (χ3n) is 13.1. The lowest BCUT2D eigenvalue weighted by atomic mass is 9.67. The standard InChI is InChI=1S/C58H39NO/c1-5-17-41(18-6-1)57(42-19-7-2-8-20-42)52-27-15-13-25-48(52)50-33-31-45(37-54(50)57)59(47-30-29-40-35-36-60-56(40)39-47)46-32-34-51-49-26-14-16-28-53(49)58(55(51)38-46,43-21-9-3-10-22-43)44-23-11-4-12-24-44/h1-39H. The Morgan fingerprint density at radius 3 is 1.12 bits per heavy atom. The summed E-state index contributed by atoms with van der Waals surface area (Å²) in [7, 11) is 0. The summed E-state index contributed by atoms with van der Waals surface area (Å²) in [4.78, 5) is 2.43. The van der Waals surface area contributed by atoms with E-state index < -0.39 is 10.8 Å². The van der Waals surface area contributed by atoms with Crippen LogP contribution in [0.4, 0.5) is 17.1 Å². The summed E-state index contributed by atoms with van der Waals surface area (Å²) < 4.78 is 6.08. The van der Waals surface area contributed by atoms with Crippen molar-refractivity contribution in [2.75, 3.05) is 4.90 Å². The first-order chi connectivity index (χ1) is 29.8. The van der Waals surface area contributed by atoms with Gasteiger partial charge in [0.15, 0.2) is 0 Å². The lowest BCUT2D eigenvalue weighted by Crippen LogP contribution is -2.29. The van der Waals surface area contributed by atoms with Gasteiger partial charge in [-0.05, 0) is 109 Å². The van der Waals surface area contributed by atoms with Gasteiger partial charge in [0, 0.05) is 28.5 Å². The second-order valence-corrected chi connectivity index (χ2v) is 16.0. The number of furan rings is 1. The molecule has 0 unspecified atom stereocenters. The van der Waals surface area contributed by atoms with E-state index in [9.17, 15) is 0 Å². The van der Waals surface area contributed by atoms with Gasteiger partial charge in [-0.15, -0.1) is 0 Å². The van der Waals surface area contributed by atoms with E-state index in [0.29, 0.717) is 0 Å². The maximum absolute atomic E-state index is 6.08. The molecule has 0 saturated heterocycles. The molecule has 282 valence electrons. The normalized spacial score (nSPS) is 13.9. The van der Waals surface area contributed by atoms with Crippen LogP contribution in [0.1, 0.15) is 44.5 Å². The molecule has 0 atom stereocenters. The third kappa shape index (κ3) is 4.82. The Hall–Kier alpha value is -7.68. The van der Waals surface area contributed by atoms with Gasteiger partial charge in [0.1, 0.15) is 5.58 Å². The number of nitrogens with zero attached hydrogens (tertiary/aromatic N) is 1. The van der Waals surface area contributed by atoms with Gasteiger partial charge >= 0.3 is 0 Å². The van der Waals surface area contributed by atoms with E-state index >= 15 is 0 Å². The average molecular weight is 766 g/mol. The van der Waals surface area contributed by atoms with Crippen LogP contribution in [0, 0.1) is 0 Å². The van der Waals surface area contributed by atoms with Crippen LogP contribution in [0.25, 0.3) is 33.2 Å². The molecule has 10 aromatic rings. The minimum absolute atomic E-state index is 0.531. The fraction of sp³-hybridized carbons (Fsp3) is 0.0345. The maximum atomic E-state index is 6.08. The molecule has 2 aliphatic rings. The molecule has 0 saturated carbocycles. The van der Waals surface area contributed by atoms with Crippen LogP contribution in [0.2, 0.25) is 0 Å². The Morgan fingerprint density at radius 1 is 0.300 bits per heavy atom. The highest BCUT2D eigenvalue weighted by Crippen LogP contribution is 2.59. The smallest absolute Gasteiger partial charge is 0.135 e. The molecule has 2 nitrogen and oxygen atoms in total. The van der Waals surface area contributed by atoms with Gasteiger partial charge in [-0.25, -0.2) is 0 Å². The van der Waals surface area contributed by atoms with Crippen LogP contribution >= 0.6 is 0 Å². The lowest BCUT2D eigenvalue weighted by molar-refractivity contribution is 0.616. The first-order valence-corrected chi connectivity index (χ1v) is 20.7. The molecule has 0 aliphatic heterocycles. The Kier molecular flexibility index (Phi) is 7.70. The van der Waals surface area contributed by atoms with Crippen LogP contribution in [-0.2, 0) is 10.8 Å². The second kappa shape index (κ2) is 13.4. The van der Waals surface area contributed by atoms with Gasteiger partial charge < -0.3 is 9.32 Å². The van der Waals surface area contributed by atoms with Crippen molar-refractivity contribution >= 4 is 28.0 Å². The van der Waals surface area contributed by atoms with E-state index in [1.807, 2.05) is 6.07 Å². The van der Waals surface area contributed by atoms with Crippen LogP contribution in [0.3, 0.4) is 0 Å². The van der Waals surface area contributed by atoms with Gasteiger partial charge in [0.05, 0.1) is 17.1 Å². The molecule has 0 spiro atoms. The van der Waals surface area contributed by atoms with Crippen molar-refractivity contribution in [2.24, 2.45) is 0 Å². The Labute approximate surface area is 350 Å². The van der Waals surface area contributed by atoms with Gasteiger partial charge in [-0.1, -0.05) is 182 Å². The van der Waals surface area contributed by atoms with Crippen LogP contribution in [0.15, 0.2) is 241 Å². The number of hydrogen-bond donors (Lipinski definition) is 0. The van der Waals surface area contributed by atoms with Crippen LogP contribution in [0.5, 0.6) is 0 Å². The van der Waals surface area contributed by atoms with E-state index in [2.05, 4.69) is 229 Å². The molecule has 0 fully saturated rings. The topological polar surface area (TPSA) is 16.4 Å². The molecule has 60 heavy (non-hydrogen) atoms. The fourth-order valence-corrected chi connectivity index (χ4v) is 10.7. The summed E-state index contributed by atoms with van der Waals surface area (Å²) in [6.07, 6.45) is 1.78. The second-order valence-electron chi connectivity index (χ2n) is 16.0. The molecule has 1 aromatic heterocycles. The Bertz CT molecular complexity index is 2940. The fourth-order valence-electron chi connectivity index (χ4n) is 10.7. The zero-order chi connectivity index (χ0) is 39.7. The van der Waals surface area contributed by atoms with Gasteiger partial charge in [-0.3, -0.25) is 0 Å². The van der Waals surface area contributed by atoms with E-state index in [0.717, 1.165) is 28.0 Å². The summed E-state index contributed by atoms with van der Waals surface area (Å²) in [5.41, 5.74) is 18.1. The average Bonchev–Trinajstić information content (AvgIpc) is 4.00. The molecule has 0 N–H and O–H groups in total. The highest BCUT2D eigenvalue weighted by Gasteiger charge is 2.48. The summed E-state index contributed by atoms with van der Waals surface area (Å²) in [6, 6.07) is 84.9. The van der Waals surface area contributed by atoms with Gasteiger partial charge in [-0.2, -0.15) is 0 Å². The van der Waals surface area contributed by atoms with Crippen molar-refractivity contribution in [1.82, 2.24) is 0 Å². The van der Waals surface area contributed by atoms with E-state index in [-0.39, 0.29) is 0 Å². The minimum atomic E-state index is -0.531. The largest absolute Gasteiger partial charge is 0.464 e. The molecule has 0 amide bonds. The van der Waals surface area contributed by atoms with E-state index in [1.165, 1.54) is 66.8 Å². The van der Waals surface area contributed by atoms with Gasteiger partial charge in [0.2, 0.25) is 0 Å². The van der Waals surface area contributed by atoms with E-state index in [4.69, 9.17) is 4.42 Å². The van der Waals surface area contributed by atoms with Crippen molar-refractivity contribution in [3.63, 3.8) is 0 Å². The number of fused-ring (bicyclic) bond motifs is 7. The van der Waals surface area contributed by atoms with Crippen molar-refractivity contribution < 1.29 is 4.42 Å².